The maximum absolute atomic E-state index is 12.1. The Morgan fingerprint density at radius 3 is 2.58 bits per heavy atom. The van der Waals surface area contributed by atoms with Gasteiger partial charge in [-0.1, -0.05) is 29.8 Å². The highest BCUT2D eigenvalue weighted by Crippen LogP contribution is 2.35. The zero-order chi connectivity index (χ0) is 18.7. The predicted octanol–water partition coefficient (Wildman–Crippen LogP) is 4.46. The molecule has 3 rings (SSSR count). The van der Waals surface area contributed by atoms with Gasteiger partial charge >= 0.3 is 5.97 Å². The van der Waals surface area contributed by atoms with Crippen LogP contribution in [-0.4, -0.2) is 22.7 Å². The molecule has 0 aliphatic rings. The van der Waals surface area contributed by atoms with Crippen LogP contribution in [0.2, 0.25) is 5.02 Å². The van der Waals surface area contributed by atoms with Crippen molar-refractivity contribution in [3.05, 3.63) is 64.3 Å². The van der Waals surface area contributed by atoms with Crippen LogP contribution in [0.4, 0.5) is 0 Å². The number of aliphatic hydroxyl groups excluding tert-OH is 1. The fourth-order valence-electron chi connectivity index (χ4n) is 3.11. The zero-order valence-corrected chi connectivity index (χ0v) is 15.5. The molecule has 0 aliphatic carbocycles. The highest BCUT2D eigenvalue weighted by molar-refractivity contribution is 6.30. The van der Waals surface area contributed by atoms with Gasteiger partial charge in [-0.3, -0.25) is 9.78 Å². The summed E-state index contributed by atoms with van der Waals surface area (Å²) in [5, 5.41) is 11.0. The fraction of sp³-hybridized carbons (Fsp3) is 0.238. The van der Waals surface area contributed by atoms with E-state index in [2.05, 4.69) is 4.98 Å². The standard InChI is InChI=1S/C21H20ClNO3/c1-3-26-20(25)11-18-13(2)10-19-17(9-8-16(12-24)23-19)21(18)14-4-6-15(22)7-5-14/h4-10,24H,3,11-12H2,1-2H3. The summed E-state index contributed by atoms with van der Waals surface area (Å²) in [6, 6.07) is 13.2. The van der Waals surface area contributed by atoms with Crippen LogP contribution in [0.15, 0.2) is 42.5 Å². The zero-order valence-electron chi connectivity index (χ0n) is 14.8. The van der Waals surface area contributed by atoms with Crippen molar-refractivity contribution in [2.24, 2.45) is 0 Å². The van der Waals surface area contributed by atoms with Gasteiger partial charge in [0.25, 0.3) is 0 Å². The smallest absolute Gasteiger partial charge is 0.310 e. The SMILES string of the molecule is CCOC(=O)Cc1c(C)cc2nc(CO)ccc2c1-c1ccc(Cl)cc1. The molecule has 26 heavy (non-hydrogen) atoms. The third kappa shape index (κ3) is 3.71. The second-order valence-corrected chi connectivity index (χ2v) is 6.50. The van der Waals surface area contributed by atoms with Crippen LogP contribution in [0, 0.1) is 6.92 Å². The highest BCUT2D eigenvalue weighted by atomic mass is 35.5. The molecule has 0 fully saturated rings. The summed E-state index contributed by atoms with van der Waals surface area (Å²) < 4.78 is 5.15. The topological polar surface area (TPSA) is 59.4 Å². The van der Waals surface area contributed by atoms with Gasteiger partial charge in [0.15, 0.2) is 0 Å². The third-order valence-corrected chi connectivity index (χ3v) is 4.56. The maximum atomic E-state index is 12.1. The van der Waals surface area contributed by atoms with Crippen molar-refractivity contribution in [3.63, 3.8) is 0 Å². The summed E-state index contributed by atoms with van der Waals surface area (Å²) in [5.74, 6) is -0.259. The van der Waals surface area contributed by atoms with E-state index in [1.54, 1.807) is 13.0 Å². The van der Waals surface area contributed by atoms with Crippen molar-refractivity contribution in [2.45, 2.75) is 26.9 Å². The first-order chi connectivity index (χ1) is 12.5. The molecule has 5 heteroatoms. The number of aromatic nitrogens is 1. The van der Waals surface area contributed by atoms with Crippen molar-refractivity contribution >= 4 is 28.5 Å². The van der Waals surface area contributed by atoms with Gasteiger partial charge in [-0.05, 0) is 60.4 Å². The van der Waals surface area contributed by atoms with E-state index in [4.69, 9.17) is 16.3 Å². The molecule has 4 nitrogen and oxygen atoms in total. The Bertz CT molecular complexity index is 952. The van der Waals surface area contributed by atoms with Crippen molar-refractivity contribution < 1.29 is 14.6 Å². The first kappa shape index (κ1) is 18.4. The van der Waals surface area contributed by atoms with E-state index in [0.29, 0.717) is 17.3 Å². The molecule has 0 atom stereocenters. The summed E-state index contributed by atoms with van der Waals surface area (Å²) in [6.07, 6.45) is 0.190. The first-order valence-corrected chi connectivity index (χ1v) is 8.85. The molecule has 0 aliphatic heterocycles. The third-order valence-electron chi connectivity index (χ3n) is 4.30. The number of ether oxygens (including phenoxy) is 1. The Morgan fingerprint density at radius 1 is 1.19 bits per heavy atom. The quantitative estimate of drug-likeness (QED) is 0.674. The number of carbonyl (C=O) groups is 1. The molecular formula is C21H20ClNO3. The number of esters is 1. The van der Waals surface area contributed by atoms with E-state index in [1.807, 2.05) is 43.3 Å². The molecule has 2 aromatic carbocycles. The molecule has 1 aromatic heterocycles. The minimum atomic E-state index is -0.259. The molecule has 0 radical (unpaired) electrons. The average Bonchev–Trinajstić information content (AvgIpc) is 2.63. The maximum Gasteiger partial charge on any atom is 0.310 e. The molecular weight excluding hydrogens is 350 g/mol. The second kappa shape index (κ2) is 7.85. The number of carbonyl (C=O) groups excluding carboxylic acids is 1. The number of halogens is 1. The summed E-state index contributed by atoms with van der Waals surface area (Å²) in [4.78, 5) is 16.7. The summed E-state index contributed by atoms with van der Waals surface area (Å²) in [6.45, 7) is 3.99. The fourth-order valence-corrected chi connectivity index (χ4v) is 3.23. The van der Waals surface area contributed by atoms with E-state index < -0.39 is 0 Å². The molecule has 0 saturated heterocycles. The normalized spacial score (nSPS) is 10.9. The molecule has 0 spiro atoms. The van der Waals surface area contributed by atoms with Crippen LogP contribution < -0.4 is 0 Å². The molecule has 1 N–H and O–H groups in total. The van der Waals surface area contributed by atoms with E-state index in [-0.39, 0.29) is 19.0 Å². The molecule has 3 aromatic rings. The van der Waals surface area contributed by atoms with Gasteiger partial charge in [0.1, 0.15) is 0 Å². The predicted molar refractivity (Wildman–Crippen MR) is 103 cm³/mol. The van der Waals surface area contributed by atoms with Crippen LogP contribution in [0.1, 0.15) is 23.7 Å². The summed E-state index contributed by atoms with van der Waals surface area (Å²) in [7, 11) is 0. The van der Waals surface area contributed by atoms with Gasteiger partial charge in [-0.15, -0.1) is 0 Å². The summed E-state index contributed by atoms with van der Waals surface area (Å²) >= 11 is 6.04. The van der Waals surface area contributed by atoms with Gasteiger partial charge in [-0.25, -0.2) is 0 Å². The van der Waals surface area contributed by atoms with Gasteiger partial charge in [-0.2, -0.15) is 0 Å². The number of fused-ring (bicyclic) bond motifs is 1. The number of rotatable bonds is 5. The number of benzene rings is 2. The van der Waals surface area contributed by atoms with Crippen LogP contribution >= 0.6 is 11.6 Å². The lowest BCUT2D eigenvalue weighted by atomic mass is 9.90. The Labute approximate surface area is 157 Å². The van der Waals surface area contributed by atoms with Crippen molar-refractivity contribution in [1.82, 2.24) is 4.98 Å². The lowest BCUT2D eigenvalue weighted by Gasteiger charge is -2.16. The minimum Gasteiger partial charge on any atom is -0.466 e. The highest BCUT2D eigenvalue weighted by Gasteiger charge is 2.17. The van der Waals surface area contributed by atoms with Crippen LogP contribution in [-0.2, 0) is 22.6 Å². The van der Waals surface area contributed by atoms with Crippen molar-refractivity contribution in [3.8, 4) is 11.1 Å². The largest absolute Gasteiger partial charge is 0.466 e. The van der Waals surface area contributed by atoms with Gasteiger partial charge in [0.05, 0.1) is 30.8 Å². The average molecular weight is 370 g/mol. The molecule has 0 saturated carbocycles. The van der Waals surface area contributed by atoms with Crippen molar-refractivity contribution in [2.75, 3.05) is 6.61 Å². The number of nitrogens with zero attached hydrogens (tertiary/aromatic N) is 1. The number of hydrogen-bond acceptors (Lipinski definition) is 4. The monoisotopic (exact) mass is 369 g/mol. The first-order valence-electron chi connectivity index (χ1n) is 8.48. The van der Waals surface area contributed by atoms with Gasteiger partial charge in [0.2, 0.25) is 0 Å². The number of aryl methyl sites for hydroxylation is 1. The van der Waals surface area contributed by atoms with Crippen LogP contribution in [0.25, 0.3) is 22.0 Å². The Morgan fingerprint density at radius 2 is 1.92 bits per heavy atom. The number of hydrogen-bond donors (Lipinski definition) is 1. The van der Waals surface area contributed by atoms with Gasteiger partial charge in [0, 0.05) is 10.4 Å². The Hall–Kier alpha value is -2.43. The Balaban J connectivity index is 2.26. The molecule has 0 bridgehead atoms. The molecule has 0 unspecified atom stereocenters. The van der Waals surface area contributed by atoms with Crippen molar-refractivity contribution in [1.29, 1.82) is 0 Å². The number of pyridine rings is 1. The molecule has 134 valence electrons. The van der Waals surface area contributed by atoms with E-state index in [9.17, 15) is 9.90 Å². The van der Waals surface area contributed by atoms with Gasteiger partial charge < -0.3 is 9.84 Å². The van der Waals surface area contributed by atoms with E-state index in [1.165, 1.54) is 0 Å². The minimum absolute atomic E-state index is 0.115. The number of aliphatic hydroxyl groups is 1. The van der Waals surface area contributed by atoms with E-state index in [0.717, 1.165) is 33.2 Å². The van der Waals surface area contributed by atoms with E-state index >= 15 is 0 Å². The second-order valence-electron chi connectivity index (χ2n) is 6.06. The molecule has 0 amide bonds. The molecule has 1 heterocycles. The summed E-state index contributed by atoms with van der Waals surface area (Å²) in [5.41, 5.74) is 5.17. The van der Waals surface area contributed by atoms with Crippen LogP contribution in [0.3, 0.4) is 0 Å². The lowest BCUT2D eigenvalue weighted by molar-refractivity contribution is -0.142. The Kier molecular flexibility index (Phi) is 5.55. The lowest BCUT2D eigenvalue weighted by Crippen LogP contribution is -2.10. The van der Waals surface area contributed by atoms with Crippen LogP contribution in [0.5, 0.6) is 0 Å².